The van der Waals surface area contributed by atoms with Gasteiger partial charge in [-0.1, -0.05) is 129 Å². The second kappa shape index (κ2) is 16.6. The van der Waals surface area contributed by atoms with Crippen LogP contribution in [0.3, 0.4) is 0 Å². The first kappa shape index (κ1) is 42.7. The molecule has 10 heteroatoms. The molecule has 0 radical (unpaired) electrons. The smallest absolute Gasteiger partial charge is 0.197 e. The van der Waals surface area contributed by atoms with E-state index in [1.165, 1.54) is 0 Å². The number of hydrogen-bond donors (Lipinski definition) is 0. The zero-order valence-electron chi connectivity index (χ0n) is 36.1. The Labute approximate surface area is 397 Å². The SMILES string of the molecule is Cc1cc(-c2cc(Cl)cc(Cl)c2)c(N2/C(=C/C=C3C(=O)c4cc5ccccc5cc4C3=O)N(c3c(C(C)C)cccc3C(C)C)c3nc4ccccc4nc32)c(-c2cc(Cl)cc(Cl)c2)c1. The number of aromatic nitrogens is 2. The summed E-state index contributed by atoms with van der Waals surface area (Å²) in [6.45, 7) is 10.7. The molecule has 10 rings (SSSR count). The van der Waals surface area contributed by atoms with Crippen molar-refractivity contribution in [1.29, 1.82) is 0 Å². The maximum atomic E-state index is 14.4. The predicted octanol–water partition coefficient (Wildman–Crippen LogP) is 16.4. The van der Waals surface area contributed by atoms with E-state index in [4.69, 9.17) is 56.4 Å². The minimum atomic E-state index is -0.340. The van der Waals surface area contributed by atoms with Gasteiger partial charge in [-0.05, 0) is 142 Å². The minimum absolute atomic E-state index is 0.0542. The fourth-order valence-electron chi connectivity index (χ4n) is 9.16. The van der Waals surface area contributed by atoms with Crippen molar-refractivity contribution in [3.8, 4) is 22.3 Å². The van der Waals surface area contributed by atoms with Gasteiger partial charge in [0, 0.05) is 42.3 Å². The average molecular weight is 931 g/mol. The fourth-order valence-corrected chi connectivity index (χ4v) is 10.2. The van der Waals surface area contributed by atoms with Gasteiger partial charge in [-0.3, -0.25) is 19.4 Å². The zero-order valence-corrected chi connectivity index (χ0v) is 39.1. The van der Waals surface area contributed by atoms with Gasteiger partial charge >= 0.3 is 0 Å². The molecule has 2 heterocycles. The van der Waals surface area contributed by atoms with E-state index in [0.717, 1.165) is 55.4 Å². The Morgan fingerprint density at radius 2 is 0.923 bits per heavy atom. The molecular formula is C55H40Cl4N4O2. The van der Waals surface area contributed by atoms with Crippen LogP contribution in [0.1, 0.15) is 76.9 Å². The van der Waals surface area contributed by atoms with Gasteiger partial charge in [0.2, 0.25) is 0 Å². The maximum absolute atomic E-state index is 14.4. The van der Waals surface area contributed by atoms with Crippen molar-refractivity contribution in [1.82, 2.24) is 9.97 Å². The van der Waals surface area contributed by atoms with E-state index in [1.807, 2.05) is 97.9 Å². The molecule has 0 saturated heterocycles. The second-order valence-corrected chi connectivity index (χ2v) is 18.9. The van der Waals surface area contributed by atoms with Gasteiger partial charge in [0.1, 0.15) is 5.82 Å². The van der Waals surface area contributed by atoms with Crippen LogP contribution in [0, 0.1) is 6.92 Å². The lowest BCUT2D eigenvalue weighted by Gasteiger charge is -2.32. The molecule has 2 aliphatic rings. The molecule has 0 bridgehead atoms. The first-order valence-corrected chi connectivity index (χ1v) is 22.9. The number of benzene rings is 7. The molecule has 0 amide bonds. The molecule has 0 spiro atoms. The largest absolute Gasteiger partial charge is 0.288 e. The number of hydrogen-bond acceptors (Lipinski definition) is 6. The average Bonchev–Trinajstić information content (AvgIpc) is 3.69. The zero-order chi connectivity index (χ0) is 45.4. The van der Waals surface area contributed by atoms with E-state index in [1.54, 1.807) is 18.2 Å². The minimum Gasteiger partial charge on any atom is -0.288 e. The topological polar surface area (TPSA) is 66.4 Å². The molecule has 0 fully saturated rings. The van der Waals surface area contributed by atoms with Crippen LogP contribution in [0.4, 0.5) is 23.0 Å². The highest BCUT2D eigenvalue weighted by molar-refractivity contribution is 6.40. The monoisotopic (exact) mass is 928 g/mol. The van der Waals surface area contributed by atoms with Gasteiger partial charge in [-0.2, -0.15) is 0 Å². The van der Waals surface area contributed by atoms with Crippen molar-refractivity contribution in [2.24, 2.45) is 0 Å². The Kier molecular flexibility index (Phi) is 10.9. The highest BCUT2D eigenvalue weighted by atomic mass is 35.5. The van der Waals surface area contributed by atoms with Gasteiger partial charge in [0.25, 0.3) is 0 Å². The maximum Gasteiger partial charge on any atom is 0.197 e. The normalized spacial score (nSPS) is 14.2. The van der Waals surface area contributed by atoms with E-state index in [2.05, 4.69) is 67.8 Å². The van der Waals surface area contributed by atoms with Crippen LogP contribution in [0.25, 0.3) is 44.1 Å². The van der Waals surface area contributed by atoms with Crippen LogP contribution in [0.2, 0.25) is 20.1 Å². The molecule has 6 nitrogen and oxygen atoms in total. The van der Waals surface area contributed by atoms with Crippen molar-refractivity contribution in [2.45, 2.75) is 46.5 Å². The van der Waals surface area contributed by atoms with Gasteiger partial charge in [-0.15, -0.1) is 0 Å². The van der Waals surface area contributed by atoms with Crippen LogP contribution in [0.15, 0.2) is 151 Å². The number of para-hydroxylation sites is 3. The highest BCUT2D eigenvalue weighted by Crippen LogP contribution is 2.56. The Morgan fingerprint density at radius 1 is 0.492 bits per heavy atom. The quantitative estimate of drug-likeness (QED) is 0.117. The summed E-state index contributed by atoms with van der Waals surface area (Å²) in [5.41, 5.74) is 9.94. The number of halogens is 4. The Hall–Kier alpha value is -6.28. The number of fused-ring (bicyclic) bond motifs is 4. The van der Waals surface area contributed by atoms with Gasteiger partial charge in [0.15, 0.2) is 23.2 Å². The third kappa shape index (κ3) is 7.49. The first-order chi connectivity index (χ1) is 31.2. The van der Waals surface area contributed by atoms with Crippen LogP contribution in [-0.2, 0) is 0 Å². The Balaban J connectivity index is 1.35. The molecule has 1 aliphatic carbocycles. The molecule has 65 heavy (non-hydrogen) atoms. The third-order valence-electron chi connectivity index (χ3n) is 12.1. The molecular weight excluding hydrogens is 890 g/mol. The summed E-state index contributed by atoms with van der Waals surface area (Å²) >= 11 is 27.2. The number of nitrogens with zero attached hydrogens (tertiary/aromatic N) is 4. The second-order valence-electron chi connectivity index (χ2n) is 17.2. The highest BCUT2D eigenvalue weighted by Gasteiger charge is 2.42. The molecule has 0 saturated carbocycles. The number of allylic oxidation sites excluding steroid dienone is 3. The van der Waals surface area contributed by atoms with Crippen molar-refractivity contribution in [2.75, 3.05) is 9.80 Å². The number of anilines is 4. The summed E-state index contributed by atoms with van der Waals surface area (Å²) in [5, 5.41) is 3.60. The number of carbonyl (C=O) groups excluding carboxylic acids is 2. The van der Waals surface area contributed by atoms with Crippen LogP contribution >= 0.6 is 46.4 Å². The van der Waals surface area contributed by atoms with Gasteiger partial charge in [0.05, 0.1) is 28.0 Å². The van der Waals surface area contributed by atoms with Crippen LogP contribution in [0.5, 0.6) is 0 Å². The van der Waals surface area contributed by atoms with E-state index >= 15 is 0 Å². The first-order valence-electron chi connectivity index (χ1n) is 21.4. The molecule has 0 N–H and O–H groups in total. The third-order valence-corrected chi connectivity index (χ3v) is 12.9. The standard InChI is InChI=1S/C55H40Cl4N4O2/c1-29(2)40-13-10-14-41(30(3)4)50(40)62-49(18-17-42-52(64)45-25-32-11-6-7-12-33(32)26-46(45)53(42)65)63(55-54(62)60-47-15-8-9-16-48(47)61-55)51-43(34-21-36(56)27-37(57)22-34)19-31(5)20-44(51)35-23-38(58)28-39(59)24-35/h6-30H,1-5H3/b49-18+. The van der Waals surface area contributed by atoms with Crippen molar-refractivity contribution in [3.63, 3.8) is 0 Å². The van der Waals surface area contributed by atoms with Gasteiger partial charge < -0.3 is 0 Å². The van der Waals surface area contributed by atoms with Crippen LogP contribution < -0.4 is 9.80 Å². The van der Waals surface area contributed by atoms with Crippen LogP contribution in [-0.4, -0.2) is 21.5 Å². The number of Topliss-reactive ketones (excluding diaryl/α,β-unsaturated/α-hetero) is 2. The molecule has 1 aromatic heterocycles. The summed E-state index contributed by atoms with van der Waals surface area (Å²) < 4.78 is 0. The molecule has 7 aromatic carbocycles. The fraction of sp³-hybridized carbons (Fsp3) is 0.127. The molecule has 0 atom stereocenters. The summed E-state index contributed by atoms with van der Waals surface area (Å²) in [5.74, 6) is 1.15. The Morgan fingerprint density at radius 3 is 1.37 bits per heavy atom. The summed E-state index contributed by atoms with van der Waals surface area (Å²) in [4.78, 5) is 44.0. The van der Waals surface area contributed by atoms with E-state index < -0.39 is 0 Å². The molecule has 320 valence electrons. The van der Waals surface area contributed by atoms with E-state index in [-0.39, 0.29) is 29.0 Å². The summed E-state index contributed by atoms with van der Waals surface area (Å²) in [6, 6.07) is 40.7. The summed E-state index contributed by atoms with van der Waals surface area (Å²) in [6.07, 6.45) is 3.51. The van der Waals surface area contributed by atoms with Gasteiger partial charge in [-0.25, -0.2) is 9.97 Å². The number of ketones is 2. The number of rotatable bonds is 7. The molecule has 1 aliphatic heterocycles. The van der Waals surface area contributed by atoms with E-state index in [9.17, 15) is 9.59 Å². The van der Waals surface area contributed by atoms with Crippen molar-refractivity contribution < 1.29 is 9.59 Å². The lowest BCUT2D eigenvalue weighted by molar-refractivity contribution is 0.0988. The van der Waals surface area contributed by atoms with E-state index in [0.29, 0.717) is 65.4 Å². The lowest BCUT2D eigenvalue weighted by atomic mass is 9.91. The predicted molar refractivity (Wildman–Crippen MR) is 269 cm³/mol. The lowest BCUT2D eigenvalue weighted by Crippen LogP contribution is -2.25. The molecule has 8 aromatic rings. The van der Waals surface area contributed by atoms with Crippen molar-refractivity contribution >= 4 is 103 Å². The molecule has 0 unspecified atom stereocenters. The summed E-state index contributed by atoms with van der Waals surface area (Å²) in [7, 11) is 0. The Bertz CT molecular complexity index is 3210. The van der Waals surface area contributed by atoms with Crippen molar-refractivity contribution in [3.05, 3.63) is 199 Å². The number of carbonyl (C=O) groups is 2. The number of aryl methyl sites for hydroxylation is 1.